The smallest absolute Gasteiger partial charge is 0.184 e. The van der Waals surface area contributed by atoms with Crippen LogP contribution in [-0.2, 0) is 9.47 Å². The van der Waals surface area contributed by atoms with Gasteiger partial charge in [0, 0.05) is 11.5 Å². The van der Waals surface area contributed by atoms with Crippen LogP contribution in [0.2, 0.25) is 0 Å². The number of nitriles is 1. The first kappa shape index (κ1) is 21.6. The first-order valence-corrected chi connectivity index (χ1v) is 11.1. The molecule has 0 spiro atoms. The molecular formula is C26H33NO2. The zero-order valence-electron chi connectivity index (χ0n) is 17.8. The summed E-state index contributed by atoms with van der Waals surface area (Å²) in [6, 6.07) is 18.2. The number of benzene rings is 2. The van der Waals surface area contributed by atoms with Crippen molar-refractivity contribution >= 4 is 0 Å². The average molecular weight is 392 g/mol. The Bertz CT molecular complexity index is 776. The fraction of sp³-hybridized carbons (Fsp3) is 0.500. The second-order valence-corrected chi connectivity index (χ2v) is 8.13. The molecule has 2 aromatic rings. The minimum atomic E-state index is -0.277. The molecule has 0 bridgehead atoms. The monoisotopic (exact) mass is 391 g/mol. The van der Waals surface area contributed by atoms with E-state index in [1.807, 2.05) is 24.3 Å². The third-order valence-corrected chi connectivity index (χ3v) is 5.92. The van der Waals surface area contributed by atoms with Crippen LogP contribution in [0.4, 0.5) is 0 Å². The molecule has 3 rings (SSSR count). The highest BCUT2D eigenvalue weighted by molar-refractivity contribution is 5.64. The molecule has 3 nitrogen and oxygen atoms in total. The van der Waals surface area contributed by atoms with Crippen LogP contribution in [0.1, 0.15) is 76.2 Å². The van der Waals surface area contributed by atoms with Gasteiger partial charge in [0.15, 0.2) is 6.29 Å². The van der Waals surface area contributed by atoms with Gasteiger partial charge in [0.25, 0.3) is 0 Å². The fourth-order valence-corrected chi connectivity index (χ4v) is 3.94. The van der Waals surface area contributed by atoms with E-state index in [1.54, 1.807) is 0 Å². The van der Waals surface area contributed by atoms with Crippen LogP contribution in [0.15, 0.2) is 48.5 Å². The highest BCUT2D eigenvalue weighted by Gasteiger charge is 2.29. The summed E-state index contributed by atoms with van der Waals surface area (Å²) in [5.41, 5.74) is 3.97. The molecule has 0 aliphatic carbocycles. The third kappa shape index (κ3) is 6.16. The molecule has 1 saturated heterocycles. The molecule has 0 radical (unpaired) electrons. The van der Waals surface area contributed by atoms with E-state index in [9.17, 15) is 0 Å². The highest BCUT2D eigenvalue weighted by Crippen LogP contribution is 2.32. The SMILES string of the molecule is CCCCCCCCC1COC(c2ccc(-c3ccc(C#N)cc3)cc2)OC1C. The van der Waals surface area contributed by atoms with E-state index < -0.39 is 0 Å². The summed E-state index contributed by atoms with van der Waals surface area (Å²) in [6.45, 7) is 5.22. The molecule has 1 heterocycles. The summed E-state index contributed by atoms with van der Waals surface area (Å²) in [5, 5.41) is 8.93. The summed E-state index contributed by atoms with van der Waals surface area (Å²) in [7, 11) is 0. The predicted molar refractivity (Wildman–Crippen MR) is 117 cm³/mol. The van der Waals surface area contributed by atoms with Crippen LogP contribution in [0.5, 0.6) is 0 Å². The predicted octanol–water partition coefficient (Wildman–Crippen LogP) is 7.03. The molecule has 3 unspecified atom stereocenters. The van der Waals surface area contributed by atoms with Crippen molar-refractivity contribution in [2.75, 3.05) is 6.61 Å². The molecule has 3 heteroatoms. The van der Waals surface area contributed by atoms with Crippen molar-refractivity contribution in [1.29, 1.82) is 5.26 Å². The van der Waals surface area contributed by atoms with Crippen LogP contribution >= 0.6 is 0 Å². The Morgan fingerprint density at radius 1 is 0.897 bits per heavy atom. The largest absolute Gasteiger partial charge is 0.348 e. The number of hydrogen-bond donors (Lipinski definition) is 0. The minimum Gasteiger partial charge on any atom is -0.348 e. The average Bonchev–Trinajstić information content (AvgIpc) is 2.77. The Hall–Kier alpha value is -2.15. The van der Waals surface area contributed by atoms with Crippen molar-refractivity contribution in [1.82, 2.24) is 0 Å². The zero-order valence-corrected chi connectivity index (χ0v) is 17.8. The van der Waals surface area contributed by atoms with Crippen LogP contribution in [0, 0.1) is 17.2 Å². The van der Waals surface area contributed by atoms with Crippen LogP contribution < -0.4 is 0 Å². The van der Waals surface area contributed by atoms with Crippen LogP contribution in [0.25, 0.3) is 11.1 Å². The standard InChI is InChI=1S/C26H33NO2/c1-3-4-5-6-7-8-9-25-19-28-26(29-20(25)2)24-16-14-23(15-17-24)22-12-10-21(18-27)11-13-22/h10-17,20,25-26H,3-9,19H2,1-2H3. The maximum absolute atomic E-state index is 8.93. The summed E-state index contributed by atoms with van der Waals surface area (Å²) in [6.07, 6.45) is 9.11. The first-order valence-electron chi connectivity index (χ1n) is 11.1. The second kappa shape index (κ2) is 11.1. The molecule has 0 aromatic heterocycles. The fourth-order valence-electron chi connectivity index (χ4n) is 3.94. The van der Waals surface area contributed by atoms with Gasteiger partial charge in [-0.15, -0.1) is 0 Å². The summed E-state index contributed by atoms with van der Waals surface area (Å²) >= 11 is 0. The molecular weight excluding hydrogens is 358 g/mol. The lowest BCUT2D eigenvalue weighted by Crippen LogP contribution is -2.34. The maximum Gasteiger partial charge on any atom is 0.184 e. The van der Waals surface area contributed by atoms with Crippen molar-refractivity contribution < 1.29 is 9.47 Å². The van der Waals surface area contributed by atoms with E-state index in [1.165, 1.54) is 44.9 Å². The van der Waals surface area contributed by atoms with Crippen molar-refractivity contribution in [3.8, 4) is 17.2 Å². The summed E-state index contributed by atoms with van der Waals surface area (Å²) < 4.78 is 12.3. The second-order valence-electron chi connectivity index (χ2n) is 8.13. The first-order chi connectivity index (χ1) is 14.2. The van der Waals surface area contributed by atoms with Gasteiger partial charge in [-0.3, -0.25) is 0 Å². The maximum atomic E-state index is 8.93. The highest BCUT2D eigenvalue weighted by atomic mass is 16.7. The molecule has 0 N–H and O–H groups in total. The van der Waals surface area contributed by atoms with Crippen molar-refractivity contribution in [3.63, 3.8) is 0 Å². The molecule has 29 heavy (non-hydrogen) atoms. The van der Waals surface area contributed by atoms with E-state index in [4.69, 9.17) is 14.7 Å². The molecule has 3 atom stereocenters. The number of ether oxygens (including phenoxy) is 2. The molecule has 2 aromatic carbocycles. The van der Waals surface area contributed by atoms with Crippen LogP contribution in [-0.4, -0.2) is 12.7 Å². The van der Waals surface area contributed by atoms with Gasteiger partial charge in [0.05, 0.1) is 24.3 Å². The van der Waals surface area contributed by atoms with Gasteiger partial charge >= 0.3 is 0 Å². The van der Waals surface area contributed by atoms with E-state index in [0.29, 0.717) is 11.5 Å². The Morgan fingerprint density at radius 3 is 2.14 bits per heavy atom. The number of unbranched alkanes of at least 4 members (excludes halogenated alkanes) is 5. The van der Waals surface area contributed by atoms with Gasteiger partial charge in [0.1, 0.15) is 0 Å². The van der Waals surface area contributed by atoms with Crippen molar-refractivity contribution in [3.05, 3.63) is 59.7 Å². The third-order valence-electron chi connectivity index (χ3n) is 5.92. The van der Waals surface area contributed by atoms with Crippen molar-refractivity contribution in [2.24, 2.45) is 5.92 Å². The van der Waals surface area contributed by atoms with E-state index >= 15 is 0 Å². The Balaban J connectivity index is 1.49. The molecule has 1 aliphatic heterocycles. The van der Waals surface area contributed by atoms with E-state index in [-0.39, 0.29) is 12.4 Å². The zero-order chi connectivity index (χ0) is 20.5. The Labute approximate surface area is 175 Å². The van der Waals surface area contributed by atoms with Gasteiger partial charge < -0.3 is 9.47 Å². The Kier molecular flexibility index (Phi) is 8.28. The molecule has 154 valence electrons. The lowest BCUT2D eigenvalue weighted by molar-refractivity contribution is -0.237. The normalized spacial score (nSPS) is 21.6. The number of hydrogen-bond acceptors (Lipinski definition) is 3. The Morgan fingerprint density at radius 2 is 1.52 bits per heavy atom. The quantitative estimate of drug-likeness (QED) is 0.431. The number of nitrogens with zero attached hydrogens (tertiary/aromatic N) is 1. The van der Waals surface area contributed by atoms with Gasteiger partial charge in [0.2, 0.25) is 0 Å². The molecule has 0 amide bonds. The van der Waals surface area contributed by atoms with Gasteiger partial charge in [-0.05, 0) is 36.6 Å². The molecule has 1 aliphatic rings. The van der Waals surface area contributed by atoms with Gasteiger partial charge in [-0.25, -0.2) is 0 Å². The summed E-state index contributed by atoms with van der Waals surface area (Å²) in [4.78, 5) is 0. The lowest BCUT2D eigenvalue weighted by Gasteiger charge is -2.35. The van der Waals surface area contributed by atoms with Crippen molar-refractivity contribution in [2.45, 2.75) is 71.2 Å². The van der Waals surface area contributed by atoms with Gasteiger partial charge in [-0.1, -0.05) is 81.8 Å². The molecule has 1 fully saturated rings. The van der Waals surface area contributed by atoms with E-state index in [2.05, 4.69) is 44.2 Å². The van der Waals surface area contributed by atoms with E-state index in [0.717, 1.165) is 23.3 Å². The summed E-state index contributed by atoms with van der Waals surface area (Å²) in [5.74, 6) is 0.496. The molecule has 0 saturated carbocycles. The topological polar surface area (TPSA) is 42.2 Å². The number of rotatable bonds is 9. The minimum absolute atomic E-state index is 0.225. The lowest BCUT2D eigenvalue weighted by atomic mass is 9.95. The van der Waals surface area contributed by atoms with Crippen LogP contribution in [0.3, 0.4) is 0 Å². The van der Waals surface area contributed by atoms with Gasteiger partial charge in [-0.2, -0.15) is 5.26 Å².